The van der Waals surface area contributed by atoms with Gasteiger partial charge in [-0.15, -0.1) is 0 Å². The molecule has 6 rings (SSSR count). The molecule has 0 amide bonds. The van der Waals surface area contributed by atoms with Crippen LogP contribution in [0.1, 0.15) is 72.1 Å². The smallest absolute Gasteiger partial charge is 0.272 e. The van der Waals surface area contributed by atoms with Crippen LogP contribution in [0.4, 0.5) is 34.1 Å². The Morgan fingerprint density at radius 3 is 1.96 bits per heavy atom. The molecule has 16 heteroatoms. The summed E-state index contributed by atoms with van der Waals surface area (Å²) in [5.41, 5.74) is 7.37. The van der Waals surface area contributed by atoms with Crippen LogP contribution in [0.3, 0.4) is 0 Å². The van der Waals surface area contributed by atoms with Crippen LogP contribution < -0.4 is 10.9 Å². The highest BCUT2D eigenvalue weighted by atomic mass is 16.6. The average Bonchev–Trinajstić information content (AvgIpc) is 3.43. The Bertz CT molecular complexity index is 1840. The van der Waals surface area contributed by atoms with Crippen molar-refractivity contribution < 1.29 is 19.7 Å². The van der Waals surface area contributed by atoms with E-state index < -0.39 is 31.1 Å². The van der Waals surface area contributed by atoms with E-state index >= 15 is 0 Å². The Labute approximate surface area is 281 Å². The van der Waals surface area contributed by atoms with E-state index in [1.807, 2.05) is 6.92 Å². The van der Waals surface area contributed by atoms with E-state index in [9.17, 15) is 40.5 Å². The number of nitro benzene ring substituents is 4. The number of hydrogen-bond donors (Lipinski definition) is 2. The first-order chi connectivity index (χ1) is 23.2. The van der Waals surface area contributed by atoms with E-state index in [2.05, 4.69) is 41.0 Å². The van der Waals surface area contributed by atoms with Gasteiger partial charge in [-0.05, 0) is 105 Å². The molecule has 0 saturated heterocycles. The SMILES string of the molecule is C/C(=N\Nc1ccc([N+](=O)[O-])cc1[N+](=O)[O-])C1CCC2C3CCC4=C/C(=N/Nc5ccc([N+](=O)[O-])cc5[N+](=O)[O-])CCC4(C)C3CCC12C. The number of nitrogens with one attached hydrogen (secondary N) is 2. The van der Waals surface area contributed by atoms with E-state index in [-0.39, 0.29) is 39.5 Å². The van der Waals surface area contributed by atoms with Gasteiger partial charge in [-0.25, -0.2) is 0 Å². The largest absolute Gasteiger partial charge is 0.301 e. The van der Waals surface area contributed by atoms with Crippen molar-refractivity contribution in [1.29, 1.82) is 0 Å². The van der Waals surface area contributed by atoms with Crippen molar-refractivity contribution in [3.63, 3.8) is 0 Å². The minimum atomic E-state index is -0.669. The molecule has 0 aliphatic heterocycles. The van der Waals surface area contributed by atoms with Crippen molar-refractivity contribution in [2.24, 2.45) is 44.7 Å². The predicted molar refractivity (Wildman–Crippen MR) is 182 cm³/mol. The highest BCUT2D eigenvalue weighted by molar-refractivity contribution is 5.97. The van der Waals surface area contributed by atoms with E-state index in [0.717, 1.165) is 68.5 Å². The maximum Gasteiger partial charge on any atom is 0.301 e. The summed E-state index contributed by atoms with van der Waals surface area (Å²) < 4.78 is 0. The van der Waals surface area contributed by atoms with Gasteiger partial charge in [0.25, 0.3) is 11.4 Å². The fourth-order valence-electron chi connectivity index (χ4n) is 9.46. The van der Waals surface area contributed by atoms with Crippen LogP contribution in [0.2, 0.25) is 0 Å². The van der Waals surface area contributed by atoms with Gasteiger partial charge in [-0.1, -0.05) is 19.4 Å². The van der Waals surface area contributed by atoms with Gasteiger partial charge in [0.05, 0.1) is 37.5 Å². The molecule has 2 aromatic carbocycles. The van der Waals surface area contributed by atoms with E-state index in [4.69, 9.17) is 0 Å². The number of nitro groups is 4. The Hall–Kier alpha value is -5.28. The molecule has 0 bridgehead atoms. The van der Waals surface area contributed by atoms with Crippen LogP contribution in [-0.2, 0) is 0 Å². The third-order valence-corrected chi connectivity index (χ3v) is 11.9. The monoisotopic (exact) mass is 674 g/mol. The summed E-state index contributed by atoms with van der Waals surface area (Å²) in [5, 5.41) is 54.5. The molecule has 4 aliphatic rings. The number of benzene rings is 2. The van der Waals surface area contributed by atoms with Crippen LogP contribution in [0.5, 0.6) is 0 Å². The van der Waals surface area contributed by atoms with Crippen molar-refractivity contribution in [1.82, 2.24) is 0 Å². The summed E-state index contributed by atoms with van der Waals surface area (Å²) in [4.78, 5) is 42.7. The Morgan fingerprint density at radius 2 is 1.37 bits per heavy atom. The topological polar surface area (TPSA) is 221 Å². The molecule has 4 aliphatic carbocycles. The number of hydrogen-bond acceptors (Lipinski definition) is 12. The van der Waals surface area contributed by atoms with Crippen molar-refractivity contribution in [2.75, 3.05) is 10.9 Å². The molecule has 3 fully saturated rings. The summed E-state index contributed by atoms with van der Waals surface area (Å²) in [6, 6.07) is 6.94. The maximum atomic E-state index is 11.6. The lowest BCUT2D eigenvalue weighted by molar-refractivity contribution is -0.393. The number of nitrogens with zero attached hydrogens (tertiary/aromatic N) is 6. The molecule has 0 spiro atoms. The van der Waals surface area contributed by atoms with Gasteiger partial charge in [-0.2, -0.15) is 10.2 Å². The van der Waals surface area contributed by atoms with E-state index in [1.54, 1.807) is 0 Å². The standard InChI is InChI=1S/C33H38N8O8/c1-19(34-36-28-10-5-22(38(42)43)17-30(28)40(46)47)25-8-9-26-24-7-4-20-16-21(12-14-32(20,2)27(24)13-15-33(25,26)3)35-37-29-11-6-23(39(44)45)18-31(29)41(48)49/h5-6,10-11,16-18,24-27,36-37H,4,7-9,12-15H2,1-3H3/b34-19+,35-21+. The fourth-order valence-corrected chi connectivity index (χ4v) is 9.46. The number of fused-ring (bicyclic) bond motifs is 5. The highest BCUT2D eigenvalue weighted by Gasteiger charge is 2.59. The lowest BCUT2D eigenvalue weighted by Gasteiger charge is -2.58. The number of non-ortho nitro benzene ring substituents is 2. The van der Waals surface area contributed by atoms with Gasteiger partial charge in [0, 0.05) is 23.8 Å². The lowest BCUT2D eigenvalue weighted by Crippen LogP contribution is -2.51. The minimum absolute atomic E-state index is 0.0141. The van der Waals surface area contributed by atoms with Crippen molar-refractivity contribution >= 4 is 45.5 Å². The first-order valence-corrected chi connectivity index (χ1v) is 16.4. The van der Waals surface area contributed by atoms with Crippen molar-refractivity contribution in [3.05, 3.63) is 88.5 Å². The predicted octanol–water partition coefficient (Wildman–Crippen LogP) is 8.15. The Kier molecular flexibility index (Phi) is 8.67. The molecule has 0 heterocycles. The number of allylic oxidation sites excluding steroid dienone is 2. The summed E-state index contributed by atoms with van der Waals surface area (Å²) in [5.74, 6) is 1.76. The molecule has 6 atom stereocenters. The average molecular weight is 675 g/mol. The third kappa shape index (κ3) is 5.99. The van der Waals surface area contributed by atoms with Crippen molar-refractivity contribution in [2.45, 2.75) is 72.1 Å². The maximum absolute atomic E-state index is 11.6. The normalized spacial score (nSPS) is 30.0. The van der Waals surface area contributed by atoms with Crippen molar-refractivity contribution in [3.8, 4) is 0 Å². The molecule has 0 aromatic heterocycles. The molecule has 3 saturated carbocycles. The second kappa shape index (κ2) is 12.6. The molecule has 49 heavy (non-hydrogen) atoms. The molecule has 0 radical (unpaired) electrons. The second-order valence-electron chi connectivity index (χ2n) is 14.2. The van der Waals surface area contributed by atoms with Gasteiger partial charge < -0.3 is 0 Å². The van der Waals surface area contributed by atoms with Gasteiger partial charge in [0.1, 0.15) is 11.4 Å². The molecule has 258 valence electrons. The minimum Gasteiger partial charge on any atom is -0.272 e. The third-order valence-electron chi connectivity index (χ3n) is 11.9. The number of hydrazone groups is 2. The van der Waals surface area contributed by atoms with E-state index in [0.29, 0.717) is 24.2 Å². The lowest BCUT2D eigenvalue weighted by atomic mass is 9.46. The molecule has 6 unspecified atom stereocenters. The molecular weight excluding hydrogens is 636 g/mol. The van der Waals surface area contributed by atoms with Crippen LogP contribution in [0.15, 0.2) is 58.3 Å². The first kappa shape index (κ1) is 33.6. The van der Waals surface area contributed by atoms with Gasteiger partial charge in [0.2, 0.25) is 0 Å². The Morgan fingerprint density at radius 1 is 0.755 bits per heavy atom. The van der Waals surface area contributed by atoms with Gasteiger partial charge >= 0.3 is 11.4 Å². The van der Waals surface area contributed by atoms with Crippen LogP contribution >= 0.6 is 0 Å². The van der Waals surface area contributed by atoms with Crippen LogP contribution in [0.25, 0.3) is 0 Å². The Balaban J connectivity index is 1.16. The summed E-state index contributed by atoms with van der Waals surface area (Å²) in [7, 11) is 0. The molecular formula is C33H38N8O8. The zero-order valence-corrected chi connectivity index (χ0v) is 27.5. The summed E-state index contributed by atoms with van der Waals surface area (Å²) in [6.07, 6.45) is 9.88. The van der Waals surface area contributed by atoms with Crippen LogP contribution in [-0.4, -0.2) is 31.1 Å². The summed E-state index contributed by atoms with van der Waals surface area (Å²) >= 11 is 0. The van der Waals surface area contributed by atoms with E-state index in [1.165, 1.54) is 29.8 Å². The first-order valence-electron chi connectivity index (χ1n) is 16.4. The van der Waals surface area contributed by atoms with Crippen LogP contribution in [0, 0.1) is 75.0 Å². The summed E-state index contributed by atoms with van der Waals surface area (Å²) in [6.45, 7) is 6.68. The highest BCUT2D eigenvalue weighted by Crippen LogP contribution is 2.66. The quantitative estimate of drug-likeness (QED) is 0.147. The van der Waals surface area contributed by atoms with Gasteiger partial charge in [0.15, 0.2) is 0 Å². The fraction of sp³-hybridized carbons (Fsp3) is 0.515. The number of rotatable bonds is 9. The van der Waals surface area contributed by atoms with Gasteiger partial charge in [-0.3, -0.25) is 51.3 Å². The second-order valence-corrected chi connectivity index (χ2v) is 14.2. The number of anilines is 2. The molecule has 2 aromatic rings. The zero-order chi connectivity index (χ0) is 35.2. The zero-order valence-electron chi connectivity index (χ0n) is 27.5. The molecule has 2 N–H and O–H groups in total. The molecule has 16 nitrogen and oxygen atoms in total.